The van der Waals surface area contributed by atoms with Crippen molar-refractivity contribution in [3.8, 4) is 28.1 Å². The second-order valence-corrected chi connectivity index (χ2v) is 7.02. The van der Waals surface area contributed by atoms with Gasteiger partial charge in [-0.1, -0.05) is 78.9 Å². The van der Waals surface area contributed by atoms with Gasteiger partial charge in [-0.3, -0.25) is 0 Å². The van der Waals surface area contributed by atoms with Crippen LogP contribution in [0, 0.1) is 6.92 Å². The minimum atomic E-state index is 0.289. The molecular formula is C26H19NO. The van der Waals surface area contributed by atoms with Crippen LogP contribution in [0.25, 0.3) is 44.1 Å². The number of nitrogens with zero attached hydrogens (tertiary/aromatic N) is 1. The lowest BCUT2D eigenvalue weighted by Crippen LogP contribution is -1.96. The maximum atomic E-state index is 10.9. The predicted molar refractivity (Wildman–Crippen MR) is 117 cm³/mol. The van der Waals surface area contributed by atoms with Crippen molar-refractivity contribution < 1.29 is 5.11 Å². The molecule has 0 fully saturated rings. The summed E-state index contributed by atoms with van der Waals surface area (Å²) in [5, 5.41) is 14.1. The number of fused-ring (bicyclic) bond motifs is 2. The lowest BCUT2D eigenvalue weighted by atomic mass is 9.89. The van der Waals surface area contributed by atoms with Gasteiger partial charge in [-0.25, -0.2) is 4.98 Å². The van der Waals surface area contributed by atoms with E-state index in [-0.39, 0.29) is 5.75 Å². The van der Waals surface area contributed by atoms with Gasteiger partial charge in [0.05, 0.1) is 11.2 Å². The van der Waals surface area contributed by atoms with Gasteiger partial charge >= 0.3 is 0 Å². The summed E-state index contributed by atoms with van der Waals surface area (Å²) in [6.07, 6.45) is 0. The molecule has 2 heteroatoms. The third kappa shape index (κ3) is 2.54. The highest BCUT2D eigenvalue weighted by atomic mass is 16.3. The molecule has 134 valence electrons. The Morgan fingerprint density at radius 3 is 2.14 bits per heavy atom. The summed E-state index contributed by atoms with van der Waals surface area (Å²) < 4.78 is 0. The first-order valence-electron chi connectivity index (χ1n) is 9.40. The van der Waals surface area contributed by atoms with Gasteiger partial charge in [-0.2, -0.15) is 0 Å². The smallest absolute Gasteiger partial charge is 0.124 e. The van der Waals surface area contributed by atoms with E-state index in [2.05, 4.69) is 37.3 Å². The molecule has 0 aliphatic carbocycles. The van der Waals surface area contributed by atoms with E-state index in [4.69, 9.17) is 4.98 Å². The minimum Gasteiger partial charge on any atom is -0.507 e. The van der Waals surface area contributed by atoms with Gasteiger partial charge < -0.3 is 5.11 Å². The molecule has 1 heterocycles. The first-order valence-corrected chi connectivity index (χ1v) is 9.40. The fraction of sp³-hybridized carbons (Fsp3) is 0.0385. The van der Waals surface area contributed by atoms with Crippen LogP contribution in [0.3, 0.4) is 0 Å². The van der Waals surface area contributed by atoms with E-state index in [0.717, 1.165) is 49.6 Å². The quantitative estimate of drug-likeness (QED) is 0.378. The summed E-state index contributed by atoms with van der Waals surface area (Å²) in [6, 6.07) is 30.3. The molecule has 0 aliphatic heterocycles. The second-order valence-electron chi connectivity index (χ2n) is 7.02. The Hall–Kier alpha value is -3.65. The largest absolute Gasteiger partial charge is 0.507 e. The first-order chi connectivity index (χ1) is 13.7. The molecule has 0 saturated heterocycles. The zero-order valence-electron chi connectivity index (χ0n) is 15.6. The Morgan fingerprint density at radius 1 is 0.643 bits per heavy atom. The lowest BCUT2D eigenvalue weighted by Gasteiger charge is -2.17. The van der Waals surface area contributed by atoms with Crippen LogP contribution in [0.1, 0.15) is 5.56 Å². The molecule has 1 N–H and O–H groups in total. The number of aromatic nitrogens is 1. The number of pyridine rings is 1. The summed E-state index contributed by atoms with van der Waals surface area (Å²) in [6.45, 7) is 2.10. The second kappa shape index (κ2) is 6.50. The number of rotatable bonds is 2. The van der Waals surface area contributed by atoms with E-state index in [9.17, 15) is 5.11 Å². The van der Waals surface area contributed by atoms with Crippen molar-refractivity contribution in [1.82, 2.24) is 4.98 Å². The number of hydrogen-bond donors (Lipinski definition) is 1. The molecule has 2 nitrogen and oxygen atoms in total. The van der Waals surface area contributed by atoms with E-state index in [0.29, 0.717) is 0 Å². The molecule has 0 bridgehead atoms. The molecular weight excluding hydrogens is 342 g/mol. The molecule has 0 unspecified atom stereocenters. The fourth-order valence-electron chi connectivity index (χ4n) is 4.03. The number of para-hydroxylation sites is 1. The van der Waals surface area contributed by atoms with E-state index < -0.39 is 0 Å². The number of aromatic hydroxyl groups is 1. The topological polar surface area (TPSA) is 33.1 Å². The maximum absolute atomic E-state index is 10.9. The lowest BCUT2D eigenvalue weighted by molar-refractivity contribution is 0.478. The molecule has 4 aromatic carbocycles. The number of phenolic OH excluding ortho intramolecular Hbond substituents is 1. The average molecular weight is 361 g/mol. The van der Waals surface area contributed by atoms with E-state index in [1.54, 1.807) is 6.07 Å². The Morgan fingerprint density at radius 2 is 1.32 bits per heavy atom. The van der Waals surface area contributed by atoms with Crippen LogP contribution >= 0.6 is 0 Å². The van der Waals surface area contributed by atoms with Crippen molar-refractivity contribution in [2.75, 3.05) is 0 Å². The van der Waals surface area contributed by atoms with Crippen molar-refractivity contribution >= 4 is 21.7 Å². The normalized spacial score (nSPS) is 11.2. The van der Waals surface area contributed by atoms with Crippen molar-refractivity contribution in [1.29, 1.82) is 0 Å². The van der Waals surface area contributed by atoms with Crippen molar-refractivity contribution in [3.63, 3.8) is 0 Å². The monoisotopic (exact) mass is 361 g/mol. The summed E-state index contributed by atoms with van der Waals surface area (Å²) in [4.78, 5) is 4.96. The molecule has 0 atom stereocenters. The molecule has 0 saturated carbocycles. The first kappa shape index (κ1) is 16.5. The van der Waals surface area contributed by atoms with Gasteiger partial charge in [0.2, 0.25) is 0 Å². The van der Waals surface area contributed by atoms with Gasteiger partial charge in [0, 0.05) is 22.1 Å². The van der Waals surface area contributed by atoms with Crippen LogP contribution in [-0.4, -0.2) is 10.1 Å². The van der Waals surface area contributed by atoms with Gasteiger partial charge in [0.25, 0.3) is 0 Å². The zero-order valence-corrected chi connectivity index (χ0v) is 15.6. The molecule has 0 amide bonds. The fourth-order valence-corrected chi connectivity index (χ4v) is 4.03. The van der Waals surface area contributed by atoms with Crippen molar-refractivity contribution in [2.45, 2.75) is 6.92 Å². The van der Waals surface area contributed by atoms with Gasteiger partial charge in [-0.15, -0.1) is 0 Å². The highest BCUT2D eigenvalue weighted by Crippen LogP contribution is 2.43. The van der Waals surface area contributed by atoms with Crippen LogP contribution in [0.5, 0.6) is 5.75 Å². The van der Waals surface area contributed by atoms with Gasteiger partial charge in [-0.05, 0) is 35.4 Å². The maximum Gasteiger partial charge on any atom is 0.124 e. The number of benzene rings is 4. The standard InChI is InChI=1S/C26H19NO/c1-17-24(25-20-12-6-5-9-18(20)15-16-23(25)28)21-13-7-8-14-22(21)27-26(17)19-10-3-2-4-11-19/h2-16,28H,1H3. The Kier molecular flexibility index (Phi) is 3.84. The van der Waals surface area contributed by atoms with Gasteiger partial charge in [0.15, 0.2) is 0 Å². The van der Waals surface area contributed by atoms with E-state index in [1.165, 1.54) is 0 Å². The molecule has 5 aromatic rings. The molecule has 0 radical (unpaired) electrons. The number of phenols is 1. The summed E-state index contributed by atoms with van der Waals surface area (Å²) in [5.41, 5.74) is 5.92. The molecule has 0 spiro atoms. The van der Waals surface area contributed by atoms with Crippen molar-refractivity contribution in [3.05, 3.63) is 96.6 Å². The van der Waals surface area contributed by atoms with E-state index in [1.807, 2.05) is 54.6 Å². The predicted octanol–water partition coefficient (Wildman–Crippen LogP) is 6.74. The molecule has 5 rings (SSSR count). The summed E-state index contributed by atoms with van der Waals surface area (Å²) in [7, 11) is 0. The van der Waals surface area contributed by atoms with E-state index >= 15 is 0 Å². The van der Waals surface area contributed by atoms with Crippen molar-refractivity contribution in [2.24, 2.45) is 0 Å². The summed E-state index contributed by atoms with van der Waals surface area (Å²) in [5.74, 6) is 0.289. The van der Waals surface area contributed by atoms with Crippen LogP contribution in [0.15, 0.2) is 91.0 Å². The number of hydrogen-bond acceptors (Lipinski definition) is 2. The Bertz CT molecular complexity index is 1320. The third-order valence-electron chi connectivity index (χ3n) is 5.34. The van der Waals surface area contributed by atoms with Crippen LogP contribution in [-0.2, 0) is 0 Å². The average Bonchev–Trinajstić information content (AvgIpc) is 2.75. The van der Waals surface area contributed by atoms with Crippen LogP contribution in [0.2, 0.25) is 0 Å². The van der Waals surface area contributed by atoms with Gasteiger partial charge in [0.1, 0.15) is 5.75 Å². The molecule has 0 aliphatic rings. The summed E-state index contributed by atoms with van der Waals surface area (Å²) >= 11 is 0. The SMILES string of the molecule is Cc1c(-c2ccccc2)nc2ccccc2c1-c1c(O)ccc2ccccc12. The van der Waals surface area contributed by atoms with Crippen LogP contribution in [0.4, 0.5) is 0 Å². The highest BCUT2D eigenvalue weighted by Gasteiger charge is 2.19. The Balaban J connectivity index is 1.96. The minimum absolute atomic E-state index is 0.289. The van der Waals surface area contributed by atoms with Crippen LogP contribution < -0.4 is 0 Å². The molecule has 1 aromatic heterocycles. The highest BCUT2D eigenvalue weighted by molar-refractivity contribution is 6.09. The molecule has 28 heavy (non-hydrogen) atoms. The Labute approximate surface area is 163 Å². The third-order valence-corrected chi connectivity index (χ3v) is 5.34. The zero-order chi connectivity index (χ0) is 19.1.